The average Bonchev–Trinajstić information content (AvgIpc) is 2.26. The third-order valence-electron chi connectivity index (χ3n) is 3.40. The number of aryl methyl sites for hydroxylation is 1. The molecule has 1 fully saturated rings. The zero-order valence-corrected chi connectivity index (χ0v) is 11.0. The van der Waals surface area contributed by atoms with Crippen molar-refractivity contribution in [3.05, 3.63) is 29.3 Å². The van der Waals surface area contributed by atoms with E-state index >= 15 is 0 Å². The topological polar surface area (TPSA) is 32.3 Å². The van der Waals surface area contributed by atoms with Gasteiger partial charge in [-0.1, -0.05) is 23.4 Å². The Hall–Kier alpha value is -0.643. The fraction of sp³-hybridized carbons (Fsp3) is 0.538. The number of rotatable bonds is 2. The molecule has 16 heavy (non-hydrogen) atoms. The number of hydrogen-bond donors (Lipinski definition) is 2. The lowest BCUT2D eigenvalue weighted by molar-refractivity contribution is 0.0903. The molecule has 2 N–H and O–H groups in total. The standard InChI is InChI=1S/C13H19NOSi/c1-10-4-3-5-12(11(10)2)16-13(15)6-8-14-9-7-13/h3-5,14-15H,6-9H2,1-2H3. The number of aliphatic hydroxyl groups is 1. The van der Waals surface area contributed by atoms with Crippen LogP contribution < -0.4 is 10.5 Å². The third-order valence-corrected chi connectivity index (χ3v) is 5.18. The molecule has 2 rings (SSSR count). The lowest BCUT2D eigenvalue weighted by Gasteiger charge is -2.32. The van der Waals surface area contributed by atoms with Crippen LogP contribution >= 0.6 is 0 Å². The lowest BCUT2D eigenvalue weighted by Crippen LogP contribution is -2.50. The molecule has 0 unspecified atom stereocenters. The summed E-state index contributed by atoms with van der Waals surface area (Å²) >= 11 is 0. The van der Waals surface area contributed by atoms with Crippen LogP contribution in [0.1, 0.15) is 24.0 Å². The van der Waals surface area contributed by atoms with Crippen molar-refractivity contribution >= 4 is 14.7 Å². The Balaban J connectivity index is 2.16. The molecule has 86 valence electrons. The minimum atomic E-state index is -0.468. The Morgan fingerprint density at radius 2 is 1.94 bits per heavy atom. The van der Waals surface area contributed by atoms with E-state index in [1.54, 1.807) is 0 Å². The second-order valence-electron chi connectivity index (χ2n) is 4.65. The molecule has 3 heteroatoms. The van der Waals surface area contributed by atoms with E-state index in [9.17, 15) is 5.11 Å². The van der Waals surface area contributed by atoms with E-state index < -0.39 is 5.22 Å². The van der Waals surface area contributed by atoms with Crippen LogP contribution in [0.5, 0.6) is 0 Å². The monoisotopic (exact) mass is 233 g/mol. The predicted octanol–water partition coefficient (Wildman–Crippen LogP) is 0.705. The third kappa shape index (κ3) is 2.54. The summed E-state index contributed by atoms with van der Waals surface area (Å²) in [5, 5.41) is 14.7. The Morgan fingerprint density at radius 3 is 2.62 bits per heavy atom. The molecular weight excluding hydrogens is 214 g/mol. The van der Waals surface area contributed by atoms with Crippen molar-refractivity contribution in [2.45, 2.75) is 31.9 Å². The first kappa shape index (κ1) is 11.8. The molecule has 0 saturated carbocycles. The fourth-order valence-corrected chi connectivity index (χ4v) is 3.67. The second-order valence-corrected chi connectivity index (χ2v) is 6.37. The average molecular weight is 233 g/mol. The summed E-state index contributed by atoms with van der Waals surface area (Å²) < 4.78 is 0. The normalized spacial score (nSPS) is 19.7. The zero-order chi connectivity index (χ0) is 11.6. The second kappa shape index (κ2) is 4.70. The molecule has 1 aromatic carbocycles. The van der Waals surface area contributed by atoms with E-state index in [2.05, 4.69) is 37.4 Å². The van der Waals surface area contributed by atoms with Gasteiger partial charge in [0.25, 0.3) is 0 Å². The summed E-state index contributed by atoms with van der Waals surface area (Å²) in [7, 11) is 0.517. The molecule has 0 spiro atoms. The van der Waals surface area contributed by atoms with Gasteiger partial charge in [-0.2, -0.15) is 0 Å². The Morgan fingerprint density at radius 1 is 1.25 bits per heavy atom. The first-order valence-electron chi connectivity index (χ1n) is 5.88. The highest BCUT2D eigenvalue weighted by molar-refractivity contribution is 6.57. The molecule has 2 nitrogen and oxygen atoms in total. The van der Waals surface area contributed by atoms with Crippen molar-refractivity contribution in [2.75, 3.05) is 13.1 Å². The van der Waals surface area contributed by atoms with Gasteiger partial charge in [0.15, 0.2) is 0 Å². The van der Waals surface area contributed by atoms with Crippen molar-refractivity contribution in [1.29, 1.82) is 0 Å². The van der Waals surface area contributed by atoms with Gasteiger partial charge in [0, 0.05) is 0 Å². The summed E-state index contributed by atoms with van der Waals surface area (Å²) in [5.41, 5.74) is 2.66. The molecule has 0 amide bonds. The predicted molar refractivity (Wildman–Crippen MR) is 68.4 cm³/mol. The highest BCUT2D eigenvalue weighted by Gasteiger charge is 2.30. The van der Waals surface area contributed by atoms with Crippen LogP contribution in [0.25, 0.3) is 0 Å². The van der Waals surface area contributed by atoms with E-state index in [0.29, 0.717) is 9.52 Å². The van der Waals surface area contributed by atoms with Gasteiger partial charge in [0.05, 0.1) is 5.22 Å². The first-order chi connectivity index (χ1) is 7.61. The summed E-state index contributed by atoms with van der Waals surface area (Å²) in [5.74, 6) is 0. The van der Waals surface area contributed by atoms with Crippen LogP contribution in [0, 0.1) is 13.8 Å². The molecular formula is C13H19NOSi. The first-order valence-corrected chi connectivity index (χ1v) is 6.88. The quantitative estimate of drug-likeness (QED) is 0.737. The van der Waals surface area contributed by atoms with E-state index in [1.165, 1.54) is 16.3 Å². The van der Waals surface area contributed by atoms with E-state index in [0.717, 1.165) is 25.9 Å². The van der Waals surface area contributed by atoms with Crippen LogP contribution in [0.3, 0.4) is 0 Å². The molecule has 1 heterocycles. The Kier molecular flexibility index (Phi) is 3.47. The van der Waals surface area contributed by atoms with Crippen LogP contribution in [0.15, 0.2) is 18.2 Å². The highest BCUT2D eigenvalue weighted by Crippen LogP contribution is 2.17. The van der Waals surface area contributed by atoms with Gasteiger partial charge in [-0.25, -0.2) is 0 Å². The van der Waals surface area contributed by atoms with Crippen LogP contribution in [-0.4, -0.2) is 32.9 Å². The van der Waals surface area contributed by atoms with Crippen molar-refractivity contribution < 1.29 is 5.11 Å². The molecule has 1 saturated heterocycles. The van der Waals surface area contributed by atoms with Crippen LogP contribution in [0.2, 0.25) is 0 Å². The Bertz CT molecular complexity index is 372. The molecule has 0 aromatic heterocycles. The SMILES string of the molecule is Cc1cccc([Si]C2(O)CCNCC2)c1C. The smallest absolute Gasteiger partial charge is 0.123 e. The van der Waals surface area contributed by atoms with Crippen molar-refractivity contribution in [2.24, 2.45) is 0 Å². The lowest BCUT2D eigenvalue weighted by atomic mass is 10.1. The number of piperidine rings is 1. The van der Waals surface area contributed by atoms with Gasteiger partial charge in [0.2, 0.25) is 0 Å². The maximum absolute atomic E-state index is 10.5. The molecule has 2 radical (unpaired) electrons. The Labute approximate surface area is 99.9 Å². The molecule has 0 bridgehead atoms. The number of nitrogens with one attached hydrogen (secondary N) is 1. The largest absolute Gasteiger partial charge is 0.393 e. The number of benzene rings is 1. The van der Waals surface area contributed by atoms with Crippen LogP contribution in [-0.2, 0) is 0 Å². The summed E-state index contributed by atoms with van der Waals surface area (Å²) in [6, 6.07) is 6.38. The summed E-state index contributed by atoms with van der Waals surface area (Å²) in [6.45, 7) is 6.17. The fourth-order valence-electron chi connectivity index (χ4n) is 2.10. The molecule has 1 aromatic rings. The maximum atomic E-state index is 10.5. The maximum Gasteiger partial charge on any atom is 0.123 e. The van der Waals surface area contributed by atoms with Crippen molar-refractivity contribution in [3.63, 3.8) is 0 Å². The molecule has 0 aliphatic carbocycles. The summed E-state index contributed by atoms with van der Waals surface area (Å²) in [6.07, 6.45) is 1.75. The van der Waals surface area contributed by atoms with Crippen molar-refractivity contribution in [3.8, 4) is 0 Å². The van der Waals surface area contributed by atoms with Gasteiger partial charge >= 0.3 is 0 Å². The van der Waals surface area contributed by atoms with Crippen LogP contribution in [0.4, 0.5) is 0 Å². The van der Waals surface area contributed by atoms with Gasteiger partial charge < -0.3 is 10.4 Å². The van der Waals surface area contributed by atoms with Crippen molar-refractivity contribution in [1.82, 2.24) is 5.32 Å². The molecule has 0 atom stereocenters. The number of hydrogen-bond acceptors (Lipinski definition) is 2. The van der Waals surface area contributed by atoms with E-state index in [4.69, 9.17) is 0 Å². The molecule has 1 aliphatic heterocycles. The minimum absolute atomic E-state index is 0.468. The zero-order valence-electron chi connectivity index (χ0n) is 10.0. The van der Waals surface area contributed by atoms with Gasteiger partial charge in [-0.15, -0.1) is 0 Å². The summed E-state index contributed by atoms with van der Waals surface area (Å²) in [4.78, 5) is 0. The highest BCUT2D eigenvalue weighted by atomic mass is 28.2. The van der Waals surface area contributed by atoms with Gasteiger partial charge in [0.1, 0.15) is 9.52 Å². The van der Waals surface area contributed by atoms with E-state index in [1.807, 2.05) is 0 Å². The van der Waals surface area contributed by atoms with E-state index in [-0.39, 0.29) is 0 Å². The van der Waals surface area contributed by atoms with Gasteiger partial charge in [-0.3, -0.25) is 0 Å². The van der Waals surface area contributed by atoms with Gasteiger partial charge in [-0.05, 0) is 50.9 Å². The molecule has 1 aliphatic rings. The minimum Gasteiger partial charge on any atom is -0.393 e.